The summed E-state index contributed by atoms with van der Waals surface area (Å²) in [5.74, 6) is 0.474. The van der Waals surface area contributed by atoms with Crippen LogP contribution in [0.15, 0.2) is 40.2 Å². The standard InChI is InChI=1S/C24H26N8O3/c1-13-8-15-16(9-19(13)32-4-6-34-7-5-32)28-23(27-15)20-22(26-14(2)18-11-35-12-25-18)21-17(29-24(20)33)10-31(3)30-21/h8-12,14,26H,4-7H2,1-3H3,(H,27,28)(H,29,33)/t14-/m0/s1. The number of aromatic nitrogens is 6. The Morgan fingerprint density at radius 2 is 2.00 bits per heavy atom. The zero-order chi connectivity index (χ0) is 24.1. The van der Waals surface area contributed by atoms with E-state index >= 15 is 0 Å². The summed E-state index contributed by atoms with van der Waals surface area (Å²) >= 11 is 0. The van der Waals surface area contributed by atoms with Gasteiger partial charge in [0, 0.05) is 32.0 Å². The van der Waals surface area contributed by atoms with Gasteiger partial charge in [-0.3, -0.25) is 9.48 Å². The average Bonchev–Trinajstić information content (AvgIpc) is 3.58. The lowest BCUT2D eigenvalue weighted by Crippen LogP contribution is -2.36. The first-order chi connectivity index (χ1) is 17.0. The second kappa shape index (κ2) is 8.27. The predicted octanol–water partition coefficient (Wildman–Crippen LogP) is 3.11. The van der Waals surface area contributed by atoms with Crippen molar-refractivity contribution < 1.29 is 9.15 Å². The monoisotopic (exact) mass is 474 g/mol. The first-order valence-electron chi connectivity index (χ1n) is 11.6. The quantitative estimate of drug-likeness (QED) is 0.354. The molecule has 0 unspecified atom stereocenters. The SMILES string of the molecule is Cc1cc2nc(-c3c(N[C@@H](C)c4cocn4)c4nn(C)cc4[nH]c3=O)[nH]c2cc1N1CCOCC1. The van der Waals surface area contributed by atoms with Gasteiger partial charge in [0.1, 0.15) is 28.9 Å². The van der Waals surface area contributed by atoms with Crippen molar-refractivity contribution in [2.24, 2.45) is 7.05 Å². The molecule has 6 rings (SSSR count). The Balaban J connectivity index is 1.50. The minimum absolute atomic E-state index is 0.223. The van der Waals surface area contributed by atoms with E-state index in [0.717, 1.165) is 41.1 Å². The first-order valence-corrected chi connectivity index (χ1v) is 11.6. The largest absolute Gasteiger partial charge is 0.451 e. The van der Waals surface area contributed by atoms with Crippen LogP contribution < -0.4 is 15.8 Å². The third-order valence-electron chi connectivity index (χ3n) is 6.43. The van der Waals surface area contributed by atoms with E-state index in [-0.39, 0.29) is 11.6 Å². The number of aryl methyl sites for hydroxylation is 2. The number of morpholine rings is 1. The van der Waals surface area contributed by atoms with Crippen molar-refractivity contribution in [3.05, 3.63) is 52.6 Å². The molecule has 4 aromatic heterocycles. The number of anilines is 2. The van der Waals surface area contributed by atoms with E-state index in [4.69, 9.17) is 14.1 Å². The van der Waals surface area contributed by atoms with Gasteiger partial charge in [0.2, 0.25) is 0 Å². The number of ether oxygens (including phenoxy) is 1. The summed E-state index contributed by atoms with van der Waals surface area (Å²) in [6.07, 6.45) is 4.75. The Morgan fingerprint density at radius 3 is 2.77 bits per heavy atom. The smallest absolute Gasteiger partial charge is 0.261 e. The van der Waals surface area contributed by atoms with Gasteiger partial charge < -0.3 is 29.3 Å². The molecule has 11 heteroatoms. The van der Waals surface area contributed by atoms with Crippen LogP contribution in [-0.4, -0.2) is 56.0 Å². The lowest BCUT2D eigenvalue weighted by atomic mass is 10.1. The molecule has 1 aliphatic heterocycles. The number of oxazole rings is 1. The van der Waals surface area contributed by atoms with E-state index in [9.17, 15) is 4.79 Å². The van der Waals surface area contributed by atoms with Crippen LogP contribution in [0.3, 0.4) is 0 Å². The normalized spacial score (nSPS) is 15.2. The van der Waals surface area contributed by atoms with Crippen LogP contribution in [0.2, 0.25) is 0 Å². The highest BCUT2D eigenvalue weighted by Gasteiger charge is 2.23. The van der Waals surface area contributed by atoms with E-state index in [1.165, 1.54) is 6.39 Å². The fourth-order valence-corrected chi connectivity index (χ4v) is 4.69. The summed E-state index contributed by atoms with van der Waals surface area (Å²) in [6.45, 7) is 7.15. The number of nitrogens with one attached hydrogen (secondary N) is 3. The predicted molar refractivity (Wildman–Crippen MR) is 133 cm³/mol. The van der Waals surface area contributed by atoms with Gasteiger partial charge in [-0.05, 0) is 31.5 Å². The number of nitrogens with zero attached hydrogens (tertiary/aromatic N) is 5. The van der Waals surface area contributed by atoms with Crippen LogP contribution in [0.5, 0.6) is 0 Å². The van der Waals surface area contributed by atoms with Gasteiger partial charge in [0.05, 0.1) is 41.5 Å². The molecule has 1 fully saturated rings. The van der Waals surface area contributed by atoms with E-state index in [1.54, 1.807) is 17.1 Å². The lowest BCUT2D eigenvalue weighted by Gasteiger charge is -2.30. The molecule has 5 heterocycles. The molecule has 1 aromatic carbocycles. The van der Waals surface area contributed by atoms with Crippen molar-refractivity contribution in [3.63, 3.8) is 0 Å². The number of rotatable bonds is 5. The van der Waals surface area contributed by atoms with Crippen molar-refractivity contribution >= 4 is 33.4 Å². The summed E-state index contributed by atoms with van der Waals surface area (Å²) in [6, 6.07) is 3.93. The molecule has 35 heavy (non-hydrogen) atoms. The molecule has 3 N–H and O–H groups in total. The maximum atomic E-state index is 13.3. The number of aromatic amines is 2. The molecule has 0 radical (unpaired) electrons. The summed E-state index contributed by atoms with van der Waals surface area (Å²) < 4.78 is 12.3. The second-order valence-corrected chi connectivity index (χ2v) is 8.89. The van der Waals surface area contributed by atoms with Gasteiger partial charge >= 0.3 is 0 Å². The van der Waals surface area contributed by atoms with Crippen LogP contribution in [0.4, 0.5) is 11.4 Å². The highest BCUT2D eigenvalue weighted by Crippen LogP contribution is 2.34. The molecule has 1 aliphatic rings. The van der Waals surface area contributed by atoms with Crippen LogP contribution >= 0.6 is 0 Å². The molecule has 0 bridgehead atoms. The summed E-state index contributed by atoms with van der Waals surface area (Å²) in [5, 5.41) is 8.02. The molecule has 11 nitrogen and oxygen atoms in total. The third-order valence-corrected chi connectivity index (χ3v) is 6.43. The van der Waals surface area contributed by atoms with Crippen LogP contribution in [0.1, 0.15) is 24.2 Å². The van der Waals surface area contributed by atoms with Gasteiger partial charge in [0.25, 0.3) is 5.56 Å². The van der Waals surface area contributed by atoms with E-state index in [0.29, 0.717) is 41.3 Å². The van der Waals surface area contributed by atoms with Crippen LogP contribution in [0.25, 0.3) is 33.5 Å². The number of fused-ring (bicyclic) bond motifs is 2. The Bertz CT molecular complexity index is 1570. The van der Waals surface area contributed by atoms with Crippen LogP contribution in [0, 0.1) is 6.92 Å². The van der Waals surface area contributed by atoms with E-state index in [1.807, 2.05) is 14.0 Å². The Hall–Kier alpha value is -4.12. The zero-order valence-electron chi connectivity index (χ0n) is 19.8. The fourth-order valence-electron chi connectivity index (χ4n) is 4.69. The van der Waals surface area contributed by atoms with Gasteiger partial charge in [-0.1, -0.05) is 0 Å². The van der Waals surface area contributed by atoms with Crippen LogP contribution in [-0.2, 0) is 11.8 Å². The maximum absolute atomic E-state index is 13.3. The Morgan fingerprint density at radius 1 is 1.17 bits per heavy atom. The minimum atomic E-state index is -0.260. The summed E-state index contributed by atoms with van der Waals surface area (Å²) in [4.78, 5) is 31.0. The highest BCUT2D eigenvalue weighted by molar-refractivity contribution is 5.97. The van der Waals surface area contributed by atoms with Crippen molar-refractivity contribution in [1.82, 2.24) is 29.7 Å². The molecule has 1 atom stereocenters. The zero-order valence-corrected chi connectivity index (χ0v) is 19.8. The minimum Gasteiger partial charge on any atom is -0.451 e. The average molecular weight is 475 g/mol. The second-order valence-electron chi connectivity index (χ2n) is 8.89. The molecule has 5 aromatic rings. The topological polar surface area (TPSA) is 130 Å². The van der Waals surface area contributed by atoms with Crippen molar-refractivity contribution in [2.75, 3.05) is 36.5 Å². The molecular weight excluding hydrogens is 448 g/mol. The van der Waals surface area contributed by atoms with Gasteiger partial charge in [-0.2, -0.15) is 5.10 Å². The summed E-state index contributed by atoms with van der Waals surface area (Å²) in [7, 11) is 1.82. The third kappa shape index (κ3) is 3.73. The Kier molecular flexibility index (Phi) is 5.06. The number of hydrogen-bond donors (Lipinski definition) is 3. The van der Waals surface area contributed by atoms with Gasteiger partial charge in [0.15, 0.2) is 6.39 Å². The number of imidazole rings is 1. The molecule has 1 saturated heterocycles. The molecular formula is C24H26N8O3. The van der Waals surface area contributed by atoms with Crippen molar-refractivity contribution in [3.8, 4) is 11.4 Å². The number of hydrogen-bond acceptors (Lipinski definition) is 8. The number of H-pyrrole nitrogens is 2. The molecule has 180 valence electrons. The molecule has 0 aliphatic carbocycles. The molecule has 0 amide bonds. The summed E-state index contributed by atoms with van der Waals surface area (Å²) in [5.41, 5.74) is 6.65. The lowest BCUT2D eigenvalue weighted by molar-refractivity contribution is 0.122. The molecule has 0 spiro atoms. The van der Waals surface area contributed by atoms with Crippen molar-refractivity contribution in [1.29, 1.82) is 0 Å². The molecule has 0 saturated carbocycles. The van der Waals surface area contributed by atoms with Gasteiger partial charge in [-0.25, -0.2) is 9.97 Å². The number of pyridine rings is 1. The fraction of sp³-hybridized carbons (Fsp3) is 0.333. The van der Waals surface area contributed by atoms with Gasteiger partial charge in [-0.15, -0.1) is 0 Å². The van der Waals surface area contributed by atoms with Crippen molar-refractivity contribution in [2.45, 2.75) is 19.9 Å². The highest BCUT2D eigenvalue weighted by atomic mass is 16.5. The first kappa shape index (κ1) is 21.4. The maximum Gasteiger partial charge on any atom is 0.261 e. The number of benzene rings is 1. The Labute approximate surface area is 200 Å². The van der Waals surface area contributed by atoms with E-state index < -0.39 is 0 Å². The van der Waals surface area contributed by atoms with E-state index in [2.05, 4.69) is 49.3 Å².